The van der Waals surface area contributed by atoms with E-state index in [1.54, 1.807) is 7.11 Å². The number of nitrogens with two attached hydrogens (primary N) is 2. The van der Waals surface area contributed by atoms with Crippen LogP contribution in [0.1, 0.15) is 29.5 Å². The van der Waals surface area contributed by atoms with Crippen molar-refractivity contribution in [1.29, 1.82) is 0 Å². The van der Waals surface area contributed by atoms with Crippen LogP contribution < -0.4 is 20.9 Å². The van der Waals surface area contributed by atoms with E-state index < -0.39 is 0 Å². The zero-order valence-electron chi connectivity index (χ0n) is 14.5. The molecule has 0 saturated heterocycles. The van der Waals surface area contributed by atoms with Crippen LogP contribution in [-0.4, -0.2) is 20.2 Å². The molecule has 0 saturated carbocycles. The van der Waals surface area contributed by atoms with Crippen LogP contribution in [0.15, 0.2) is 42.5 Å². The Morgan fingerprint density at radius 2 is 1.58 bits per heavy atom. The van der Waals surface area contributed by atoms with Gasteiger partial charge in [-0.3, -0.25) is 0 Å². The number of methoxy groups -OCH3 is 1. The quantitative estimate of drug-likeness (QED) is 0.703. The number of ether oxygens (including phenoxy) is 2. The molecule has 130 valence electrons. The standard InChI is InChI=1S/C20H28N2O2/c1-23-19-11-10-16(6-4-12-21)14-18(19)15-24-20-9-3-2-7-17(20)8-5-13-22/h2-3,7,9-11,14H,4-6,8,12-13,15,21-22H2,1H3. The highest BCUT2D eigenvalue weighted by molar-refractivity contribution is 5.38. The van der Waals surface area contributed by atoms with E-state index in [1.807, 2.05) is 24.3 Å². The molecule has 2 aromatic carbocycles. The summed E-state index contributed by atoms with van der Waals surface area (Å²) in [6.45, 7) is 1.87. The third-order valence-corrected chi connectivity index (χ3v) is 4.02. The number of benzene rings is 2. The summed E-state index contributed by atoms with van der Waals surface area (Å²) in [6, 6.07) is 14.4. The van der Waals surface area contributed by atoms with Gasteiger partial charge in [-0.05, 0) is 68.1 Å². The van der Waals surface area contributed by atoms with Gasteiger partial charge in [0, 0.05) is 5.56 Å². The van der Waals surface area contributed by atoms with E-state index in [9.17, 15) is 0 Å². The zero-order valence-corrected chi connectivity index (χ0v) is 14.5. The van der Waals surface area contributed by atoms with Crippen LogP contribution in [0.25, 0.3) is 0 Å². The molecule has 0 aromatic heterocycles. The molecule has 4 N–H and O–H groups in total. The molecule has 0 aliphatic heterocycles. The van der Waals surface area contributed by atoms with Gasteiger partial charge in [0.2, 0.25) is 0 Å². The first-order valence-corrected chi connectivity index (χ1v) is 8.55. The van der Waals surface area contributed by atoms with Crippen LogP contribution in [-0.2, 0) is 19.4 Å². The number of hydrogen-bond donors (Lipinski definition) is 2. The molecular weight excluding hydrogens is 300 g/mol. The summed E-state index contributed by atoms with van der Waals surface area (Å²) < 4.78 is 11.5. The summed E-state index contributed by atoms with van der Waals surface area (Å²) in [5.41, 5.74) is 14.7. The van der Waals surface area contributed by atoms with Crippen molar-refractivity contribution in [1.82, 2.24) is 0 Å². The SMILES string of the molecule is COc1ccc(CCCN)cc1COc1ccccc1CCCN. The van der Waals surface area contributed by atoms with Gasteiger partial charge in [-0.25, -0.2) is 0 Å². The van der Waals surface area contributed by atoms with Gasteiger partial charge in [-0.15, -0.1) is 0 Å². The first-order chi connectivity index (χ1) is 11.8. The van der Waals surface area contributed by atoms with Crippen molar-refractivity contribution in [2.45, 2.75) is 32.3 Å². The Morgan fingerprint density at radius 3 is 2.33 bits per heavy atom. The Labute approximate surface area is 144 Å². The molecule has 0 unspecified atom stereocenters. The maximum absolute atomic E-state index is 6.08. The second kappa shape index (κ2) is 9.96. The van der Waals surface area contributed by atoms with Gasteiger partial charge >= 0.3 is 0 Å². The molecule has 0 aliphatic carbocycles. The van der Waals surface area contributed by atoms with E-state index in [-0.39, 0.29) is 0 Å². The molecule has 0 spiro atoms. The monoisotopic (exact) mass is 328 g/mol. The Kier molecular flexibility index (Phi) is 7.59. The van der Waals surface area contributed by atoms with E-state index >= 15 is 0 Å². The Balaban J connectivity index is 2.10. The molecule has 4 heteroatoms. The van der Waals surface area contributed by atoms with Gasteiger partial charge in [0.1, 0.15) is 18.1 Å². The third kappa shape index (κ3) is 5.25. The predicted octanol–water partition coefficient (Wildman–Crippen LogP) is 3.06. The predicted molar refractivity (Wildman–Crippen MR) is 98.5 cm³/mol. The van der Waals surface area contributed by atoms with Crippen LogP contribution in [0, 0.1) is 0 Å². The van der Waals surface area contributed by atoms with Crippen molar-refractivity contribution in [3.8, 4) is 11.5 Å². The van der Waals surface area contributed by atoms with E-state index in [1.165, 1.54) is 11.1 Å². The summed E-state index contributed by atoms with van der Waals surface area (Å²) >= 11 is 0. The fourth-order valence-electron chi connectivity index (χ4n) is 2.71. The summed E-state index contributed by atoms with van der Waals surface area (Å²) in [7, 11) is 1.69. The summed E-state index contributed by atoms with van der Waals surface area (Å²) in [5, 5.41) is 0. The fourth-order valence-corrected chi connectivity index (χ4v) is 2.71. The highest BCUT2D eigenvalue weighted by Crippen LogP contribution is 2.25. The lowest BCUT2D eigenvalue weighted by Gasteiger charge is -2.14. The van der Waals surface area contributed by atoms with Gasteiger partial charge in [0.05, 0.1) is 7.11 Å². The molecule has 0 fully saturated rings. The van der Waals surface area contributed by atoms with Crippen LogP contribution in [0.2, 0.25) is 0 Å². The van der Waals surface area contributed by atoms with Crippen LogP contribution in [0.5, 0.6) is 11.5 Å². The van der Waals surface area contributed by atoms with E-state index in [4.69, 9.17) is 20.9 Å². The topological polar surface area (TPSA) is 70.5 Å². The smallest absolute Gasteiger partial charge is 0.125 e. The molecule has 24 heavy (non-hydrogen) atoms. The number of aryl methyl sites for hydroxylation is 2. The molecule has 0 atom stereocenters. The Hall–Kier alpha value is -2.04. The molecular formula is C20H28N2O2. The number of rotatable bonds is 10. The highest BCUT2D eigenvalue weighted by Gasteiger charge is 2.08. The lowest BCUT2D eigenvalue weighted by Crippen LogP contribution is -2.05. The molecule has 4 nitrogen and oxygen atoms in total. The lowest BCUT2D eigenvalue weighted by molar-refractivity contribution is 0.293. The van der Waals surface area contributed by atoms with Crippen LogP contribution in [0.4, 0.5) is 0 Å². The molecule has 0 heterocycles. The average molecular weight is 328 g/mol. The normalized spacial score (nSPS) is 10.6. The van der Waals surface area contributed by atoms with E-state index in [2.05, 4.69) is 18.2 Å². The molecule has 0 bridgehead atoms. The third-order valence-electron chi connectivity index (χ3n) is 4.02. The van der Waals surface area contributed by atoms with Crippen molar-refractivity contribution in [3.05, 3.63) is 59.2 Å². The van der Waals surface area contributed by atoms with Crippen molar-refractivity contribution < 1.29 is 9.47 Å². The van der Waals surface area contributed by atoms with Crippen LogP contribution in [0.3, 0.4) is 0 Å². The lowest BCUT2D eigenvalue weighted by atomic mass is 10.1. The maximum atomic E-state index is 6.08. The average Bonchev–Trinajstić information content (AvgIpc) is 2.63. The first kappa shape index (κ1) is 18.3. The number of para-hydroxylation sites is 1. The van der Waals surface area contributed by atoms with Crippen molar-refractivity contribution >= 4 is 0 Å². The second-order valence-corrected chi connectivity index (χ2v) is 5.83. The summed E-state index contributed by atoms with van der Waals surface area (Å²) in [5.74, 6) is 1.77. The maximum Gasteiger partial charge on any atom is 0.125 e. The van der Waals surface area contributed by atoms with Gasteiger partial charge < -0.3 is 20.9 Å². The van der Waals surface area contributed by atoms with Crippen molar-refractivity contribution in [2.75, 3.05) is 20.2 Å². The minimum absolute atomic E-state index is 0.485. The van der Waals surface area contributed by atoms with Gasteiger partial charge in [-0.1, -0.05) is 24.3 Å². The summed E-state index contributed by atoms with van der Waals surface area (Å²) in [4.78, 5) is 0. The minimum Gasteiger partial charge on any atom is -0.496 e. The van der Waals surface area contributed by atoms with Crippen molar-refractivity contribution in [2.24, 2.45) is 11.5 Å². The zero-order chi connectivity index (χ0) is 17.2. The Morgan fingerprint density at radius 1 is 0.833 bits per heavy atom. The molecule has 0 radical (unpaired) electrons. The molecule has 2 rings (SSSR count). The first-order valence-electron chi connectivity index (χ1n) is 8.55. The van der Waals surface area contributed by atoms with Crippen LogP contribution >= 0.6 is 0 Å². The van der Waals surface area contributed by atoms with E-state index in [0.29, 0.717) is 19.7 Å². The molecule has 2 aromatic rings. The van der Waals surface area contributed by atoms with Gasteiger partial charge in [-0.2, -0.15) is 0 Å². The highest BCUT2D eigenvalue weighted by atomic mass is 16.5. The van der Waals surface area contributed by atoms with Gasteiger partial charge in [0.15, 0.2) is 0 Å². The van der Waals surface area contributed by atoms with Crippen molar-refractivity contribution in [3.63, 3.8) is 0 Å². The molecule has 0 amide bonds. The largest absolute Gasteiger partial charge is 0.496 e. The molecule has 0 aliphatic rings. The Bertz CT molecular complexity index is 629. The minimum atomic E-state index is 0.485. The number of hydrogen-bond acceptors (Lipinski definition) is 4. The second-order valence-electron chi connectivity index (χ2n) is 5.83. The fraction of sp³-hybridized carbons (Fsp3) is 0.400. The van der Waals surface area contributed by atoms with E-state index in [0.717, 1.165) is 42.7 Å². The summed E-state index contributed by atoms with van der Waals surface area (Å²) in [6.07, 6.45) is 3.84. The van der Waals surface area contributed by atoms with Gasteiger partial charge in [0.25, 0.3) is 0 Å².